The van der Waals surface area contributed by atoms with Crippen molar-refractivity contribution in [3.8, 4) is 0 Å². The highest BCUT2D eigenvalue weighted by Crippen LogP contribution is 2.25. The van der Waals surface area contributed by atoms with Gasteiger partial charge in [-0.1, -0.05) is 23.7 Å². The molecule has 110 valence electrons. The number of ether oxygens (including phenoxy) is 1. The van der Waals surface area contributed by atoms with Gasteiger partial charge in [0.15, 0.2) is 0 Å². The molecule has 1 saturated heterocycles. The molecule has 0 radical (unpaired) electrons. The van der Waals surface area contributed by atoms with E-state index in [1.807, 2.05) is 19.1 Å². The van der Waals surface area contributed by atoms with Crippen LogP contribution < -0.4 is 10.6 Å². The molecule has 1 aromatic carbocycles. The van der Waals surface area contributed by atoms with Crippen LogP contribution in [0.25, 0.3) is 0 Å². The molecule has 0 unspecified atom stereocenters. The molecule has 0 aliphatic carbocycles. The second-order valence-electron chi connectivity index (χ2n) is 5.05. The predicted molar refractivity (Wildman–Crippen MR) is 81.3 cm³/mol. The molecular formula is C15H21ClN2O2. The highest BCUT2D eigenvalue weighted by atomic mass is 35.5. The Labute approximate surface area is 124 Å². The van der Waals surface area contributed by atoms with Gasteiger partial charge in [0.05, 0.1) is 29.8 Å². The van der Waals surface area contributed by atoms with E-state index in [9.17, 15) is 4.79 Å². The third-order valence-electron chi connectivity index (χ3n) is 3.46. The number of aryl methyl sites for hydroxylation is 1. The SMILES string of the molecule is Cc1cccc(Cl)c1NC(=O)CCOC1CCNCC1. The molecule has 5 heteroatoms. The molecule has 0 atom stereocenters. The number of halogens is 1. The van der Waals surface area contributed by atoms with Gasteiger partial charge in [-0.25, -0.2) is 0 Å². The number of para-hydroxylation sites is 1. The average molecular weight is 297 g/mol. The van der Waals surface area contributed by atoms with Crippen LogP contribution in [0.15, 0.2) is 18.2 Å². The molecule has 0 bridgehead atoms. The zero-order valence-corrected chi connectivity index (χ0v) is 12.5. The first-order chi connectivity index (χ1) is 9.66. The first-order valence-corrected chi connectivity index (χ1v) is 7.42. The normalized spacial score (nSPS) is 16.1. The lowest BCUT2D eigenvalue weighted by Crippen LogP contribution is -2.33. The summed E-state index contributed by atoms with van der Waals surface area (Å²) in [5, 5.41) is 6.71. The van der Waals surface area contributed by atoms with Gasteiger partial charge in [0.2, 0.25) is 5.91 Å². The fourth-order valence-electron chi connectivity index (χ4n) is 2.27. The van der Waals surface area contributed by atoms with Crippen LogP contribution in [0, 0.1) is 6.92 Å². The van der Waals surface area contributed by atoms with Crippen molar-refractivity contribution in [2.45, 2.75) is 32.3 Å². The summed E-state index contributed by atoms with van der Waals surface area (Å²) in [5.74, 6) is -0.0601. The minimum absolute atomic E-state index is 0.0601. The quantitative estimate of drug-likeness (QED) is 0.878. The molecule has 0 saturated carbocycles. The minimum atomic E-state index is -0.0601. The maximum atomic E-state index is 11.9. The Morgan fingerprint density at radius 1 is 1.45 bits per heavy atom. The van der Waals surface area contributed by atoms with Gasteiger partial charge in [0.1, 0.15) is 0 Å². The lowest BCUT2D eigenvalue weighted by Gasteiger charge is -2.22. The van der Waals surface area contributed by atoms with E-state index >= 15 is 0 Å². The first-order valence-electron chi connectivity index (χ1n) is 7.04. The fraction of sp³-hybridized carbons (Fsp3) is 0.533. The number of hydrogen-bond acceptors (Lipinski definition) is 3. The summed E-state index contributed by atoms with van der Waals surface area (Å²) >= 11 is 6.08. The molecule has 2 rings (SSSR count). The van der Waals surface area contributed by atoms with Crippen LogP contribution in [0.3, 0.4) is 0 Å². The first kappa shape index (κ1) is 15.3. The van der Waals surface area contributed by atoms with Gasteiger partial charge in [0.25, 0.3) is 0 Å². The number of amides is 1. The van der Waals surface area contributed by atoms with Gasteiger partial charge in [-0.3, -0.25) is 4.79 Å². The van der Waals surface area contributed by atoms with E-state index in [1.54, 1.807) is 6.07 Å². The standard InChI is InChI=1S/C15H21ClN2O2/c1-11-3-2-4-13(16)15(11)18-14(19)7-10-20-12-5-8-17-9-6-12/h2-4,12,17H,5-10H2,1H3,(H,18,19). The number of anilines is 1. The van der Waals surface area contributed by atoms with Gasteiger partial charge in [-0.05, 0) is 44.5 Å². The highest BCUT2D eigenvalue weighted by molar-refractivity contribution is 6.33. The van der Waals surface area contributed by atoms with Crippen molar-refractivity contribution in [1.29, 1.82) is 0 Å². The summed E-state index contributed by atoms with van der Waals surface area (Å²) in [4.78, 5) is 11.9. The summed E-state index contributed by atoms with van der Waals surface area (Å²) in [6.07, 6.45) is 2.68. The van der Waals surface area contributed by atoms with Crippen molar-refractivity contribution in [3.05, 3.63) is 28.8 Å². The van der Waals surface area contributed by atoms with E-state index in [2.05, 4.69) is 10.6 Å². The molecular weight excluding hydrogens is 276 g/mol. The number of rotatable bonds is 5. The Hall–Kier alpha value is -1.10. The average Bonchev–Trinajstić information content (AvgIpc) is 2.44. The predicted octanol–water partition coefficient (Wildman–Crippen LogP) is 2.75. The Bertz CT molecular complexity index is 439. The highest BCUT2D eigenvalue weighted by Gasteiger charge is 2.14. The molecule has 1 aromatic rings. The molecule has 1 amide bonds. The third-order valence-corrected chi connectivity index (χ3v) is 3.77. The van der Waals surface area contributed by atoms with Crippen molar-refractivity contribution in [2.75, 3.05) is 25.0 Å². The van der Waals surface area contributed by atoms with Crippen LogP contribution >= 0.6 is 11.6 Å². The van der Waals surface area contributed by atoms with Gasteiger partial charge in [-0.2, -0.15) is 0 Å². The monoisotopic (exact) mass is 296 g/mol. The van der Waals surface area contributed by atoms with E-state index in [0.29, 0.717) is 23.7 Å². The molecule has 1 aliphatic rings. The smallest absolute Gasteiger partial charge is 0.226 e. The molecule has 1 heterocycles. The summed E-state index contributed by atoms with van der Waals surface area (Å²) in [7, 11) is 0. The lowest BCUT2D eigenvalue weighted by atomic mass is 10.1. The maximum Gasteiger partial charge on any atom is 0.226 e. The van der Waals surface area contributed by atoms with Gasteiger partial charge in [-0.15, -0.1) is 0 Å². The summed E-state index contributed by atoms with van der Waals surface area (Å²) in [5.41, 5.74) is 1.66. The van der Waals surface area contributed by atoms with Crippen LogP contribution in [0.5, 0.6) is 0 Å². The number of piperidine rings is 1. The Balaban J connectivity index is 1.75. The van der Waals surface area contributed by atoms with Crippen LogP contribution in [-0.2, 0) is 9.53 Å². The summed E-state index contributed by atoms with van der Waals surface area (Å²) in [6.45, 7) is 4.37. The van der Waals surface area contributed by atoms with Crippen LogP contribution in [0.2, 0.25) is 5.02 Å². The van der Waals surface area contributed by atoms with Crippen molar-refractivity contribution < 1.29 is 9.53 Å². The van der Waals surface area contributed by atoms with E-state index in [0.717, 1.165) is 31.5 Å². The molecule has 0 aromatic heterocycles. The lowest BCUT2D eigenvalue weighted by molar-refractivity contribution is -0.117. The van der Waals surface area contributed by atoms with E-state index in [1.165, 1.54) is 0 Å². The van der Waals surface area contributed by atoms with Crippen molar-refractivity contribution in [3.63, 3.8) is 0 Å². The Kier molecular flexibility index (Phi) is 5.83. The van der Waals surface area contributed by atoms with E-state index < -0.39 is 0 Å². The molecule has 1 aliphatic heterocycles. The van der Waals surface area contributed by atoms with Gasteiger partial charge < -0.3 is 15.4 Å². The van der Waals surface area contributed by atoms with Gasteiger partial charge >= 0.3 is 0 Å². The second-order valence-corrected chi connectivity index (χ2v) is 5.46. The zero-order valence-electron chi connectivity index (χ0n) is 11.7. The molecule has 4 nitrogen and oxygen atoms in total. The van der Waals surface area contributed by atoms with Crippen molar-refractivity contribution >= 4 is 23.2 Å². The number of hydrogen-bond donors (Lipinski definition) is 2. The summed E-state index contributed by atoms with van der Waals surface area (Å²) in [6, 6.07) is 5.57. The summed E-state index contributed by atoms with van der Waals surface area (Å²) < 4.78 is 5.72. The second kappa shape index (κ2) is 7.62. The van der Waals surface area contributed by atoms with E-state index in [4.69, 9.17) is 16.3 Å². The van der Waals surface area contributed by atoms with Gasteiger partial charge in [0, 0.05) is 0 Å². The topological polar surface area (TPSA) is 50.4 Å². The molecule has 20 heavy (non-hydrogen) atoms. The number of benzene rings is 1. The van der Waals surface area contributed by atoms with Crippen molar-refractivity contribution in [1.82, 2.24) is 5.32 Å². The molecule has 2 N–H and O–H groups in total. The Morgan fingerprint density at radius 2 is 2.20 bits per heavy atom. The Morgan fingerprint density at radius 3 is 2.90 bits per heavy atom. The van der Waals surface area contributed by atoms with Crippen LogP contribution in [0.4, 0.5) is 5.69 Å². The maximum absolute atomic E-state index is 11.9. The van der Waals surface area contributed by atoms with E-state index in [-0.39, 0.29) is 12.0 Å². The van der Waals surface area contributed by atoms with Crippen molar-refractivity contribution in [2.24, 2.45) is 0 Å². The largest absolute Gasteiger partial charge is 0.378 e. The third kappa shape index (κ3) is 4.47. The number of carbonyl (C=O) groups is 1. The minimum Gasteiger partial charge on any atom is -0.378 e. The number of nitrogens with one attached hydrogen (secondary N) is 2. The molecule has 0 spiro atoms. The van der Waals surface area contributed by atoms with Crippen LogP contribution in [-0.4, -0.2) is 31.7 Å². The zero-order chi connectivity index (χ0) is 14.4. The number of carbonyl (C=O) groups excluding carboxylic acids is 1. The fourth-order valence-corrected chi connectivity index (χ4v) is 2.54. The van der Waals surface area contributed by atoms with Crippen LogP contribution in [0.1, 0.15) is 24.8 Å². The molecule has 1 fully saturated rings.